The minimum atomic E-state index is -0.761. The number of ether oxygens (including phenoxy) is 3. The lowest BCUT2D eigenvalue weighted by Gasteiger charge is -2.18. The van der Waals surface area contributed by atoms with Gasteiger partial charge in [-0.15, -0.1) is 0 Å². The van der Waals surface area contributed by atoms with Gasteiger partial charge < -0.3 is 14.2 Å². The third kappa shape index (κ3) is 43.8. The Bertz CT molecular complexity index is 872. The zero-order chi connectivity index (χ0) is 41.9. The lowest BCUT2D eigenvalue weighted by atomic mass is 9.99. The van der Waals surface area contributed by atoms with Gasteiger partial charge in [0.15, 0.2) is 6.10 Å². The molecular formula is C51H98O6. The Morgan fingerprint density at radius 1 is 0.368 bits per heavy atom. The van der Waals surface area contributed by atoms with Crippen molar-refractivity contribution in [2.75, 3.05) is 13.2 Å². The molecule has 57 heavy (non-hydrogen) atoms. The number of esters is 3. The van der Waals surface area contributed by atoms with E-state index in [0.29, 0.717) is 19.3 Å². The highest BCUT2D eigenvalue weighted by molar-refractivity contribution is 5.71. The summed E-state index contributed by atoms with van der Waals surface area (Å²) < 4.78 is 16.8. The summed E-state index contributed by atoms with van der Waals surface area (Å²) >= 11 is 0. The van der Waals surface area contributed by atoms with E-state index in [1.807, 2.05) is 0 Å². The van der Waals surface area contributed by atoms with Gasteiger partial charge in [-0.2, -0.15) is 0 Å². The maximum Gasteiger partial charge on any atom is 0.306 e. The van der Waals surface area contributed by atoms with Crippen molar-refractivity contribution in [1.29, 1.82) is 0 Å². The zero-order valence-electron chi connectivity index (χ0n) is 39.0. The van der Waals surface area contributed by atoms with E-state index >= 15 is 0 Å². The Hall–Kier alpha value is -1.59. The van der Waals surface area contributed by atoms with E-state index in [4.69, 9.17) is 14.2 Å². The largest absolute Gasteiger partial charge is 0.462 e. The van der Waals surface area contributed by atoms with Crippen LogP contribution in [0.25, 0.3) is 0 Å². The predicted molar refractivity (Wildman–Crippen MR) is 243 cm³/mol. The van der Waals surface area contributed by atoms with Crippen molar-refractivity contribution < 1.29 is 28.6 Å². The third-order valence-electron chi connectivity index (χ3n) is 11.8. The standard InChI is InChI=1S/C51H98O6/c1-6-8-9-10-11-12-17-22-27-33-38-43-51(54)57-48(45-56-50(53)42-37-32-28-23-24-29-34-39-46(3)4)44-55-49(52)41-36-31-26-21-19-16-14-13-15-18-20-25-30-35-40-47(5)7-2/h46-48H,6-45H2,1-5H3/t47?,48-/m0/s1. The van der Waals surface area contributed by atoms with Gasteiger partial charge in [-0.1, -0.05) is 240 Å². The second kappa shape index (κ2) is 44.0. The highest BCUT2D eigenvalue weighted by Crippen LogP contribution is 2.18. The van der Waals surface area contributed by atoms with Crippen molar-refractivity contribution in [1.82, 2.24) is 0 Å². The molecule has 0 N–H and O–H groups in total. The molecule has 0 aliphatic carbocycles. The predicted octanol–water partition coefficient (Wildman–Crippen LogP) is 16.1. The first-order valence-corrected chi connectivity index (χ1v) is 25.3. The molecule has 0 heterocycles. The molecule has 6 heteroatoms. The van der Waals surface area contributed by atoms with E-state index in [1.54, 1.807) is 0 Å². The summed E-state index contributed by atoms with van der Waals surface area (Å²) in [6, 6.07) is 0. The highest BCUT2D eigenvalue weighted by atomic mass is 16.6. The SMILES string of the molecule is CCCCCCCCCCCCCC(=O)O[C@@H](COC(=O)CCCCCCCCCCCCCCCCC(C)CC)COC(=O)CCCCCCCCCC(C)C. The molecule has 0 radical (unpaired) electrons. The van der Waals surface area contributed by atoms with Crippen LogP contribution in [-0.4, -0.2) is 37.2 Å². The maximum absolute atomic E-state index is 12.7. The molecule has 6 nitrogen and oxygen atoms in total. The molecule has 0 rings (SSSR count). The van der Waals surface area contributed by atoms with E-state index in [2.05, 4.69) is 34.6 Å². The quantitative estimate of drug-likeness (QED) is 0.0346. The van der Waals surface area contributed by atoms with Gasteiger partial charge in [0.2, 0.25) is 0 Å². The van der Waals surface area contributed by atoms with Crippen LogP contribution >= 0.6 is 0 Å². The van der Waals surface area contributed by atoms with Crippen LogP contribution in [0.4, 0.5) is 0 Å². The topological polar surface area (TPSA) is 78.9 Å². The minimum absolute atomic E-state index is 0.0643. The van der Waals surface area contributed by atoms with E-state index in [1.165, 1.54) is 167 Å². The fourth-order valence-corrected chi connectivity index (χ4v) is 7.60. The van der Waals surface area contributed by atoms with Crippen molar-refractivity contribution in [3.8, 4) is 0 Å². The molecule has 0 amide bonds. The van der Waals surface area contributed by atoms with Crippen molar-refractivity contribution >= 4 is 17.9 Å². The molecule has 0 aromatic carbocycles. The average molecular weight is 807 g/mol. The van der Waals surface area contributed by atoms with Crippen LogP contribution in [0, 0.1) is 11.8 Å². The number of hydrogen-bond donors (Lipinski definition) is 0. The van der Waals surface area contributed by atoms with Crippen LogP contribution < -0.4 is 0 Å². The Balaban J connectivity index is 4.25. The molecule has 338 valence electrons. The first kappa shape index (κ1) is 55.4. The molecule has 2 atom stereocenters. The molecule has 0 aromatic rings. The molecule has 0 saturated heterocycles. The molecule has 0 saturated carbocycles. The van der Waals surface area contributed by atoms with E-state index in [9.17, 15) is 14.4 Å². The summed E-state index contributed by atoms with van der Waals surface area (Å²) in [6.07, 6.45) is 43.7. The van der Waals surface area contributed by atoms with Crippen molar-refractivity contribution in [2.45, 2.75) is 285 Å². The summed E-state index contributed by atoms with van der Waals surface area (Å²) in [6.45, 7) is 11.4. The summed E-state index contributed by atoms with van der Waals surface area (Å²) in [5, 5.41) is 0. The number of carbonyl (C=O) groups is 3. The summed E-state index contributed by atoms with van der Waals surface area (Å²) in [7, 11) is 0. The fourth-order valence-electron chi connectivity index (χ4n) is 7.60. The summed E-state index contributed by atoms with van der Waals surface area (Å²) in [5.74, 6) is 0.824. The van der Waals surface area contributed by atoms with Crippen LogP contribution in [0.3, 0.4) is 0 Å². The second-order valence-corrected chi connectivity index (χ2v) is 18.2. The number of hydrogen-bond acceptors (Lipinski definition) is 6. The fraction of sp³-hybridized carbons (Fsp3) is 0.941. The number of rotatable bonds is 45. The van der Waals surface area contributed by atoms with E-state index in [0.717, 1.165) is 69.6 Å². The summed E-state index contributed by atoms with van der Waals surface area (Å²) in [4.78, 5) is 37.8. The number of unbranched alkanes of at least 4 members (excludes halogenated alkanes) is 29. The Morgan fingerprint density at radius 3 is 1.00 bits per heavy atom. The number of carbonyl (C=O) groups excluding carboxylic acids is 3. The van der Waals surface area contributed by atoms with Crippen molar-refractivity contribution in [3.63, 3.8) is 0 Å². The Kier molecular flexibility index (Phi) is 42.7. The molecule has 0 aliphatic rings. The average Bonchev–Trinajstić information content (AvgIpc) is 3.19. The maximum atomic E-state index is 12.7. The Labute approximate surface area is 355 Å². The molecular weight excluding hydrogens is 709 g/mol. The normalized spacial score (nSPS) is 12.5. The minimum Gasteiger partial charge on any atom is -0.462 e. The lowest BCUT2D eigenvalue weighted by Crippen LogP contribution is -2.30. The molecule has 0 spiro atoms. The van der Waals surface area contributed by atoms with Crippen LogP contribution in [0.2, 0.25) is 0 Å². The van der Waals surface area contributed by atoms with Gasteiger partial charge >= 0.3 is 17.9 Å². The molecule has 0 aliphatic heterocycles. The molecule has 0 aromatic heterocycles. The van der Waals surface area contributed by atoms with Crippen molar-refractivity contribution in [2.24, 2.45) is 11.8 Å². The first-order valence-electron chi connectivity index (χ1n) is 25.3. The van der Waals surface area contributed by atoms with Gasteiger partial charge in [0.1, 0.15) is 13.2 Å². The van der Waals surface area contributed by atoms with Crippen LogP contribution in [0.15, 0.2) is 0 Å². The monoisotopic (exact) mass is 807 g/mol. The molecule has 0 bridgehead atoms. The summed E-state index contributed by atoms with van der Waals surface area (Å²) in [5.41, 5.74) is 0. The van der Waals surface area contributed by atoms with Crippen LogP contribution in [-0.2, 0) is 28.6 Å². The van der Waals surface area contributed by atoms with E-state index in [-0.39, 0.29) is 31.1 Å². The molecule has 1 unspecified atom stereocenters. The van der Waals surface area contributed by atoms with Crippen molar-refractivity contribution in [3.05, 3.63) is 0 Å². The Morgan fingerprint density at radius 2 is 0.667 bits per heavy atom. The van der Waals surface area contributed by atoms with Crippen LogP contribution in [0.1, 0.15) is 279 Å². The third-order valence-corrected chi connectivity index (χ3v) is 11.8. The van der Waals surface area contributed by atoms with Gasteiger partial charge in [0.05, 0.1) is 0 Å². The van der Waals surface area contributed by atoms with Gasteiger partial charge in [0, 0.05) is 19.3 Å². The van der Waals surface area contributed by atoms with Gasteiger partial charge in [-0.05, 0) is 31.1 Å². The van der Waals surface area contributed by atoms with Crippen LogP contribution in [0.5, 0.6) is 0 Å². The zero-order valence-corrected chi connectivity index (χ0v) is 39.0. The molecule has 0 fully saturated rings. The van der Waals surface area contributed by atoms with E-state index < -0.39 is 6.10 Å². The smallest absolute Gasteiger partial charge is 0.306 e. The van der Waals surface area contributed by atoms with Gasteiger partial charge in [-0.3, -0.25) is 14.4 Å². The first-order chi connectivity index (χ1) is 27.8. The van der Waals surface area contributed by atoms with Gasteiger partial charge in [-0.25, -0.2) is 0 Å². The van der Waals surface area contributed by atoms with Gasteiger partial charge in [0.25, 0.3) is 0 Å². The second-order valence-electron chi connectivity index (χ2n) is 18.2. The highest BCUT2D eigenvalue weighted by Gasteiger charge is 2.19. The lowest BCUT2D eigenvalue weighted by molar-refractivity contribution is -0.167.